The number of benzene rings is 1. The average molecular weight is 231 g/mol. The Hall–Kier alpha value is -1.74. The molecule has 2 aromatic rings. The molecule has 0 aliphatic carbocycles. The molecule has 2 atom stereocenters. The van der Waals surface area contributed by atoms with Crippen LogP contribution in [0.1, 0.15) is 30.1 Å². The highest BCUT2D eigenvalue weighted by Crippen LogP contribution is 2.29. The number of pyridine rings is 1. The van der Waals surface area contributed by atoms with Crippen LogP contribution >= 0.6 is 0 Å². The minimum atomic E-state index is -0.749. The fourth-order valence-corrected chi connectivity index (χ4v) is 1.82. The van der Waals surface area contributed by atoms with Gasteiger partial charge in [0.15, 0.2) is 0 Å². The fourth-order valence-electron chi connectivity index (χ4n) is 1.82. The molecule has 3 heteroatoms. The molecule has 17 heavy (non-hydrogen) atoms. The van der Waals surface area contributed by atoms with Crippen LogP contribution in [0.5, 0.6) is 0 Å². The molecule has 0 radical (unpaired) electrons. The molecule has 0 amide bonds. The first-order valence-corrected chi connectivity index (χ1v) is 5.52. The van der Waals surface area contributed by atoms with Gasteiger partial charge in [-0.1, -0.05) is 37.3 Å². The minimum Gasteiger partial charge on any atom is -0.388 e. The van der Waals surface area contributed by atoms with Crippen LogP contribution in [0.25, 0.3) is 0 Å². The van der Waals surface area contributed by atoms with E-state index in [1.807, 2.05) is 37.3 Å². The second-order valence-corrected chi connectivity index (χ2v) is 4.08. The van der Waals surface area contributed by atoms with Gasteiger partial charge in [0.1, 0.15) is 5.82 Å². The zero-order valence-electron chi connectivity index (χ0n) is 9.55. The second kappa shape index (κ2) is 5.06. The molecule has 2 nitrogen and oxygen atoms in total. The van der Waals surface area contributed by atoms with Crippen LogP contribution in [0.3, 0.4) is 0 Å². The van der Waals surface area contributed by atoms with Gasteiger partial charge in [-0.2, -0.15) is 0 Å². The summed E-state index contributed by atoms with van der Waals surface area (Å²) < 4.78 is 13.0. The first-order chi connectivity index (χ1) is 8.18. The molecule has 1 heterocycles. The summed E-state index contributed by atoms with van der Waals surface area (Å²) in [6, 6.07) is 11.0. The van der Waals surface area contributed by atoms with E-state index in [0.29, 0.717) is 5.56 Å². The summed E-state index contributed by atoms with van der Waals surface area (Å²) in [7, 11) is 0. The van der Waals surface area contributed by atoms with Crippen LogP contribution in [-0.2, 0) is 0 Å². The number of aromatic nitrogens is 1. The SMILES string of the molecule is CC(c1ccccc1)C(O)c1cncc(F)c1. The van der Waals surface area contributed by atoms with Crippen molar-refractivity contribution < 1.29 is 9.50 Å². The predicted molar refractivity (Wildman–Crippen MR) is 64.0 cm³/mol. The molecule has 0 bridgehead atoms. The number of halogens is 1. The van der Waals surface area contributed by atoms with Crippen LogP contribution in [-0.4, -0.2) is 10.1 Å². The lowest BCUT2D eigenvalue weighted by atomic mass is 9.91. The number of aliphatic hydroxyl groups excluding tert-OH is 1. The molecule has 1 N–H and O–H groups in total. The van der Waals surface area contributed by atoms with Crippen molar-refractivity contribution >= 4 is 0 Å². The fraction of sp³-hybridized carbons (Fsp3) is 0.214. The molecule has 2 rings (SSSR count). The Morgan fingerprint density at radius 2 is 1.82 bits per heavy atom. The molecule has 1 aromatic heterocycles. The molecule has 88 valence electrons. The summed E-state index contributed by atoms with van der Waals surface area (Å²) in [6.07, 6.45) is 1.87. The molecule has 1 aromatic carbocycles. The number of hydrogen-bond donors (Lipinski definition) is 1. The van der Waals surface area contributed by atoms with Gasteiger partial charge in [0, 0.05) is 17.7 Å². The second-order valence-electron chi connectivity index (χ2n) is 4.08. The van der Waals surface area contributed by atoms with Crippen LogP contribution in [0.4, 0.5) is 4.39 Å². The van der Waals surface area contributed by atoms with Crippen LogP contribution in [0.2, 0.25) is 0 Å². The maximum absolute atomic E-state index is 13.0. The Bertz CT molecular complexity index is 487. The van der Waals surface area contributed by atoms with Crippen molar-refractivity contribution in [3.8, 4) is 0 Å². The van der Waals surface area contributed by atoms with Gasteiger partial charge in [-0.25, -0.2) is 4.39 Å². The van der Waals surface area contributed by atoms with Crippen LogP contribution < -0.4 is 0 Å². The monoisotopic (exact) mass is 231 g/mol. The lowest BCUT2D eigenvalue weighted by molar-refractivity contribution is 0.151. The van der Waals surface area contributed by atoms with E-state index in [9.17, 15) is 9.50 Å². The van der Waals surface area contributed by atoms with Gasteiger partial charge in [0.2, 0.25) is 0 Å². The van der Waals surface area contributed by atoms with Crippen molar-refractivity contribution in [3.05, 3.63) is 65.7 Å². The summed E-state index contributed by atoms with van der Waals surface area (Å²) in [5, 5.41) is 10.2. The van der Waals surface area contributed by atoms with Crippen LogP contribution in [0, 0.1) is 5.82 Å². The van der Waals surface area contributed by atoms with Gasteiger partial charge < -0.3 is 5.11 Å². The standard InChI is InChI=1S/C14H14FNO/c1-10(11-5-3-2-4-6-11)14(17)12-7-13(15)9-16-8-12/h2-10,14,17H,1H3. The van der Waals surface area contributed by atoms with Crippen molar-refractivity contribution in [1.29, 1.82) is 0 Å². The Kier molecular flexibility index (Phi) is 3.49. The van der Waals surface area contributed by atoms with E-state index >= 15 is 0 Å². The Morgan fingerprint density at radius 3 is 2.47 bits per heavy atom. The lowest BCUT2D eigenvalue weighted by Gasteiger charge is -2.19. The summed E-state index contributed by atoms with van der Waals surface area (Å²) >= 11 is 0. The maximum Gasteiger partial charge on any atom is 0.141 e. The normalized spacial score (nSPS) is 14.3. The van der Waals surface area contributed by atoms with Crippen molar-refractivity contribution in [3.63, 3.8) is 0 Å². The van der Waals surface area contributed by atoms with E-state index in [4.69, 9.17) is 0 Å². The largest absolute Gasteiger partial charge is 0.388 e. The molecular weight excluding hydrogens is 217 g/mol. The zero-order chi connectivity index (χ0) is 12.3. The zero-order valence-corrected chi connectivity index (χ0v) is 9.55. The third-order valence-corrected chi connectivity index (χ3v) is 2.87. The van der Waals surface area contributed by atoms with Crippen LogP contribution in [0.15, 0.2) is 48.8 Å². The average Bonchev–Trinajstić information content (AvgIpc) is 2.38. The molecular formula is C14H14FNO. The highest BCUT2D eigenvalue weighted by molar-refractivity contribution is 5.24. The van der Waals surface area contributed by atoms with E-state index in [1.54, 1.807) is 0 Å². The van der Waals surface area contributed by atoms with E-state index in [-0.39, 0.29) is 5.92 Å². The molecule has 0 spiro atoms. The van der Waals surface area contributed by atoms with Gasteiger partial charge in [0.05, 0.1) is 12.3 Å². The van der Waals surface area contributed by atoms with Crippen molar-refractivity contribution in [1.82, 2.24) is 4.98 Å². The van der Waals surface area contributed by atoms with E-state index in [0.717, 1.165) is 11.8 Å². The van der Waals surface area contributed by atoms with Gasteiger partial charge in [-0.15, -0.1) is 0 Å². The van der Waals surface area contributed by atoms with E-state index < -0.39 is 11.9 Å². The highest BCUT2D eigenvalue weighted by Gasteiger charge is 2.18. The first-order valence-electron chi connectivity index (χ1n) is 5.52. The lowest BCUT2D eigenvalue weighted by Crippen LogP contribution is -2.08. The molecule has 0 saturated carbocycles. The summed E-state index contributed by atoms with van der Waals surface area (Å²) in [5.74, 6) is -0.526. The molecule has 0 aliphatic heterocycles. The number of hydrogen-bond acceptors (Lipinski definition) is 2. The molecule has 0 aliphatic rings. The van der Waals surface area contributed by atoms with Crippen molar-refractivity contribution in [2.24, 2.45) is 0 Å². The molecule has 0 saturated heterocycles. The van der Waals surface area contributed by atoms with Crippen molar-refractivity contribution in [2.75, 3.05) is 0 Å². The highest BCUT2D eigenvalue weighted by atomic mass is 19.1. The molecule has 2 unspecified atom stereocenters. The Morgan fingerprint density at radius 1 is 1.12 bits per heavy atom. The number of aliphatic hydroxyl groups is 1. The molecule has 0 fully saturated rings. The predicted octanol–water partition coefficient (Wildman–Crippen LogP) is 3.06. The quantitative estimate of drug-likeness (QED) is 0.880. The third kappa shape index (κ3) is 2.68. The maximum atomic E-state index is 13.0. The summed E-state index contributed by atoms with van der Waals surface area (Å²) in [5.41, 5.74) is 1.52. The van der Waals surface area contributed by atoms with Gasteiger partial charge in [0.25, 0.3) is 0 Å². The van der Waals surface area contributed by atoms with Gasteiger partial charge >= 0.3 is 0 Å². The van der Waals surface area contributed by atoms with E-state index in [2.05, 4.69) is 4.98 Å². The summed E-state index contributed by atoms with van der Waals surface area (Å²) in [6.45, 7) is 1.91. The Labute approximate surface area is 99.8 Å². The van der Waals surface area contributed by atoms with Crippen molar-refractivity contribution in [2.45, 2.75) is 18.9 Å². The topological polar surface area (TPSA) is 33.1 Å². The van der Waals surface area contributed by atoms with Gasteiger partial charge in [-0.05, 0) is 11.6 Å². The summed E-state index contributed by atoms with van der Waals surface area (Å²) in [4.78, 5) is 3.75. The Balaban J connectivity index is 2.23. The number of nitrogens with zero attached hydrogens (tertiary/aromatic N) is 1. The van der Waals surface area contributed by atoms with E-state index in [1.165, 1.54) is 12.3 Å². The minimum absolute atomic E-state index is 0.0974. The van der Waals surface area contributed by atoms with Gasteiger partial charge in [-0.3, -0.25) is 4.98 Å². The smallest absolute Gasteiger partial charge is 0.141 e. The number of rotatable bonds is 3. The first kappa shape index (κ1) is 11.7. The third-order valence-electron chi connectivity index (χ3n) is 2.87.